The highest BCUT2D eigenvalue weighted by Gasteiger charge is 2.39. The van der Waals surface area contributed by atoms with Gasteiger partial charge in [0, 0.05) is 17.6 Å². The lowest BCUT2D eigenvalue weighted by Gasteiger charge is -2.19. The molecule has 0 unspecified atom stereocenters. The maximum absolute atomic E-state index is 14.6. The second-order valence-corrected chi connectivity index (χ2v) is 10.4. The lowest BCUT2D eigenvalue weighted by atomic mass is 10.1. The zero-order valence-corrected chi connectivity index (χ0v) is 20.0. The van der Waals surface area contributed by atoms with Crippen molar-refractivity contribution in [2.45, 2.75) is 69.1 Å². The van der Waals surface area contributed by atoms with E-state index >= 15 is 0 Å². The molecule has 186 valence electrons. The molecule has 1 fully saturated rings. The monoisotopic (exact) mass is 508 g/mol. The summed E-state index contributed by atoms with van der Waals surface area (Å²) in [7, 11) is -4.48. The highest BCUT2D eigenvalue weighted by molar-refractivity contribution is 7.89. The molecule has 0 amide bonds. The molecule has 1 aliphatic rings. The molecule has 0 bridgehead atoms. The first kappa shape index (κ1) is 25.1. The first-order valence-electron chi connectivity index (χ1n) is 11.3. The van der Waals surface area contributed by atoms with E-state index in [4.69, 9.17) is 0 Å². The van der Waals surface area contributed by atoms with Crippen LogP contribution < -0.4 is 4.72 Å². The first-order valence-corrected chi connectivity index (χ1v) is 12.8. The SMILES string of the molecule is CCc1cc2c(cc1F)c(C#N)c(-c1ccc(S(=O)(=O)N[C@@H](C)C(F)(F)F)cn1)n2C1CCCC1. The lowest BCUT2D eigenvalue weighted by molar-refractivity contribution is -0.147. The molecule has 2 heterocycles. The number of alkyl halides is 3. The van der Waals surface area contributed by atoms with Crippen molar-refractivity contribution in [2.75, 3.05) is 0 Å². The number of aryl methyl sites for hydroxylation is 1. The Hall–Kier alpha value is -2.97. The van der Waals surface area contributed by atoms with E-state index in [0.717, 1.165) is 37.9 Å². The van der Waals surface area contributed by atoms with Crippen molar-refractivity contribution in [1.29, 1.82) is 5.26 Å². The van der Waals surface area contributed by atoms with Crippen LogP contribution in [0, 0.1) is 17.1 Å². The fourth-order valence-electron chi connectivity index (χ4n) is 4.60. The molecular weight excluding hydrogens is 484 g/mol. The van der Waals surface area contributed by atoms with Crippen molar-refractivity contribution in [3.05, 3.63) is 47.4 Å². The molecule has 6 nitrogen and oxygen atoms in total. The van der Waals surface area contributed by atoms with Gasteiger partial charge >= 0.3 is 6.18 Å². The molecule has 0 aliphatic heterocycles. The second kappa shape index (κ2) is 9.24. The van der Waals surface area contributed by atoms with Crippen LogP contribution in [-0.2, 0) is 16.4 Å². The number of sulfonamides is 1. The van der Waals surface area contributed by atoms with Crippen molar-refractivity contribution < 1.29 is 26.0 Å². The molecular formula is C24H24F4N4O2S. The number of nitrogens with zero attached hydrogens (tertiary/aromatic N) is 3. The molecule has 1 aromatic carbocycles. The summed E-state index contributed by atoms with van der Waals surface area (Å²) >= 11 is 0. The van der Waals surface area contributed by atoms with E-state index in [9.17, 15) is 31.2 Å². The minimum atomic E-state index is -4.74. The van der Waals surface area contributed by atoms with Gasteiger partial charge in [-0.15, -0.1) is 0 Å². The fraction of sp³-hybridized carbons (Fsp3) is 0.417. The third-order valence-corrected chi connectivity index (χ3v) is 7.99. The molecule has 1 atom stereocenters. The van der Waals surface area contributed by atoms with Crippen LogP contribution in [0.4, 0.5) is 17.6 Å². The third kappa shape index (κ3) is 4.65. The Morgan fingerprint density at radius 3 is 2.49 bits per heavy atom. The van der Waals surface area contributed by atoms with Gasteiger partial charge < -0.3 is 4.57 Å². The number of aromatic nitrogens is 2. The van der Waals surface area contributed by atoms with Crippen LogP contribution in [0.2, 0.25) is 0 Å². The number of nitrogens with one attached hydrogen (secondary N) is 1. The highest BCUT2D eigenvalue weighted by Crippen LogP contribution is 2.41. The average molecular weight is 509 g/mol. The molecule has 3 aromatic rings. The topological polar surface area (TPSA) is 87.8 Å². The van der Waals surface area contributed by atoms with E-state index in [2.05, 4.69) is 11.1 Å². The van der Waals surface area contributed by atoms with E-state index in [1.54, 1.807) is 10.8 Å². The summed E-state index contributed by atoms with van der Waals surface area (Å²) in [5, 5.41) is 10.4. The van der Waals surface area contributed by atoms with E-state index in [0.29, 0.717) is 35.5 Å². The summed E-state index contributed by atoms with van der Waals surface area (Å²) in [5.41, 5.74) is 2.18. The maximum Gasteiger partial charge on any atom is 0.404 e. The lowest BCUT2D eigenvalue weighted by Crippen LogP contribution is -2.42. The van der Waals surface area contributed by atoms with Crippen molar-refractivity contribution >= 4 is 20.9 Å². The zero-order valence-electron chi connectivity index (χ0n) is 19.2. The average Bonchev–Trinajstić information content (AvgIpc) is 3.43. The number of hydrogen-bond acceptors (Lipinski definition) is 4. The molecule has 4 rings (SSSR count). The molecule has 1 aliphatic carbocycles. The molecule has 0 saturated heterocycles. The van der Waals surface area contributed by atoms with Gasteiger partial charge in [0.2, 0.25) is 10.0 Å². The quantitative estimate of drug-likeness (QED) is 0.438. The van der Waals surface area contributed by atoms with E-state index in [1.807, 2.05) is 11.5 Å². The van der Waals surface area contributed by atoms with Crippen molar-refractivity contribution in [2.24, 2.45) is 0 Å². The number of pyridine rings is 1. The smallest absolute Gasteiger partial charge is 0.335 e. The van der Waals surface area contributed by atoms with Gasteiger partial charge in [0.05, 0.1) is 22.5 Å². The number of halogens is 4. The second-order valence-electron chi connectivity index (χ2n) is 8.72. The first-order chi connectivity index (χ1) is 16.5. The summed E-state index contributed by atoms with van der Waals surface area (Å²) in [6, 6.07) is 5.55. The summed E-state index contributed by atoms with van der Waals surface area (Å²) in [6.07, 6.45) is 0.442. The fourth-order valence-corrected chi connectivity index (χ4v) is 5.77. The number of benzene rings is 1. The molecule has 35 heavy (non-hydrogen) atoms. The molecule has 2 aromatic heterocycles. The van der Waals surface area contributed by atoms with Crippen molar-refractivity contribution in [3.63, 3.8) is 0 Å². The van der Waals surface area contributed by atoms with Gasteiger partial charge in [0.1, 0.15) is 22.8 Å². The third-order valence-electron chi connectivity index (χ3n) is 6.47. The normalized spacial score (nSPS) is 16.0. The molecule has 1 saturated carbocycles. The summed E-state index contributed by atoms with van der Waals surface area (Å²) in [6.45, 7) is 2.55. The molecule has 0 radical (unpaired) electrons. The van der Waals surface area contributed by atoms with Crippen LogP contribution in [0.5, 0.6) is 0 Å². The molecule has 0 spiro atoms. The Morgan fingerprint density at radius 1 is 1.26 bits per heavy atom. The van der Waals surface area contributed by atoms with Crippen LogP contribution >= 0.6 is 0 Å². The number of fused-ring (bicyclic) bond motifs is 1. The standard InChI is InChI=1S/C24H24F4N4O2S/c1-3-15-10-22-18(11-20(15)25)19(12-29)23(32(22)16-6-4-5-7-16)21-9-8-17(13-30-21)35(33,34)31-14(2)24(26,27)28/h8-11,13-14,16,31H,3-7H2,1-2H3/t14-/m0/s1. The van der Waals surface area contributed by atoms with Crippen LogP contribution in [0.1, 0.15) is 56.7 Å². The minimum Gasteiger partial charge on any atom is -0.335 e. The van der Waals surface area contributed by atoms with Gasteiger partial charge in [-0.2, -0.15) is 23.2 Å². The minimum absolute atomic E-state index is 0.0595. The Morgan fingerprint density at radius 2 is 1.94 bits per heavy atom. The van der Waals surface area contributed by atoms with Gasteiger partial charge in [-0.25, -0.2) is 12.8 Å². The van der Waals surface area contributed by atoms with Crippen LogP contribution in [0.3, 0.4) is 0 Å². The number of hydrogen-bond donors (Lipinski definition) is 1. The number of nitriles is 1. The zero-order chi connectivity index (χ0) is 25.5. The summed E-state index contributed by atoms with van der Waals surface area (Å²) in [4.78, 5) is 3.79. The van der Waals surface area contributed by atoms with Gasteiger partial charge in [0.25, 0.3) is 0 Å². The van der Waals surface area contributed by atoms with Gasteiger partial charge in [0.15, 0.2) is 0 Å². The van der Waals surface area contributed by atoms with Gasteiger partial charge in [-0.1, -0.05) is 19.8 Å². The van der Waals surface area contributed by atoms with E-state index in [-0.39, 0.29) is 17.3 Å². The van der Waals surface area contributed by atoms with E-state index < -0.39 is 33.0 Å². The Kier molecular flexibility index (Phi) is 6.64. The Bertz CT molecular complexity index is 1400. The molecule has 11 heteroatoms. The Labute approximate surface area is 200 Å². The number of rotatable bonds is 6. The maximum atomic E-state index is 14.6. The van der Waals surface area contributed by atoms with Crippen LogP contribution in [0.15, 0.2) is 35.4 Å². The van der Waals surface area contributed by atoms with Crippen molar-refractivity contribution in [3.8, 4) is 17.5 Å². The highest BCUT2D eigenvalue weighted by atomic mass is 32.2. The van der Waals surface area contributed by atoms with Gasteiger partial charge in [-0.3, -0.25) is 4.98 Å². The largest absolute Gasteiger partial charge is 0.404 e. The summed E-state index contributed by atoms with van der Waals surface area (Å²) in [5.74, 6) is -0.411. The molecule has 1 N–H and O–H groups in total. The van der Waals surface area contributed by atoms with E-state index in [1.165, 1.54) is 12.1 Å². The summed E-state index contributed by atoms with van der Waals surface area (Å²) < 4.78 is 81.6. The predicted molar refractivity (Wildman–Crippen MR) is 123 cm³/mol. The van der Waals surface area contributed by atoms with Crippen LogP contribution in [-0.4, -0.2) is 30.2 Å². The predicted octanol–water partition coefficient (Wildman–Crippen LogP) is 5.62. The van der Waals surface area contributed by atoms with Gasteiger partial charge in [-0.05, 0) is 56.0 Å². The van der Waals surface area contributed by atoms with Crippen molar-refractivity contribution in [1.82, 2.24) is 14.3 Å². The Balaban J connectivity index is 1.85. The van der Waals surface area contributed by atoms with Crippen LogP contribution in [0.25, 0.3) is 22.3 Å².